The van der Waals surface area contributed by atoms with Gasteiger partial charge >= 0.3 is 0 Å². The molecule has 1 aliphatic rings. The zero-order chi connectivity index (χ0) is 15.9. The van der Waals surface area contributed by atoms with Gasteiger partial charge in [0.25, 0.3) is 10.0 Å². The van der Waals surface area contributed by atoms with Gasteiger partial charge in [-0.25, -0.2) is 13.1 Å². The summed E-state index contributed by atoms with van der Waals surface area (Å²) in [6.07, 6.45) is 1.02. The van der Waals surface area contributed by atoms with Crippen LogP contribution in [-0.4, -0.2) is 14.5 Å². The molecule has 2 aromatic rings. The van der Waals surface area contributed by atoms with Crippen molar-refractivity contribution < 1.29 is 13.2 Å². The number of fused-ring (bicyclic) bond motifs is 1. The molecule has 118 valence electrons. The Hall–Kier alpha value is -1.08. The zero-order valence-electron chi connectivity index (χ0n) is 12.2. The predicted octanol–water partition coefficient (Wildman–Crippen LogP) is 3.76. The summed E-state index contributed by atoms with van der Waals surface area (Å²) >= 11 is 6.86. The lowest BCUT2D eigenvalue weighted by atomic mass is 10.0. The van der Waals surface area contributed by atoms with Gasteiger partial charge in [0.2, 0.25) is 0 Å². The molecule has 1 N–H and O–H groups in total. The first-order valence-corrected chi connectivity index (χ1v) is 9.60. The van der Waals surface area contributed by atoms with Crippen LogP contribution in [0.25, 0.3) is 0 Å². The van der Waals surface area contributed by atoms with Gasteiger partial charge in [-0.3, -0.25) is 0 Å². The minimum absolute atomic E-state index is 0.172. The summed E-state index contributed by atoms with van der Waals surface area (Å²) in [5.41, 5.74) is 2.04. The van der Waals surface area contributed by atoms with Gasteiger partial charge in [-0.1, -0.05) is 23.7 Å². The Kier molecular flexibility index (Phi) is 4.20. The fourth-order valence-electron chi connectivity index (χ4n) is 2.51. The second kappa shape index (κ2) is 5.85. The monoisotopic (exact) mass is 357 g/mol. The van der Waals surface area contributed by atoms with Crippen LogP contribution in [0.15, 0.2) is 34.5 Å². The summed E-state index contributed by atoms with van der Waals surface area (Å²) in [5.74, 6) is 0.886. The molecule has 7 heteroatoms. The van der Waals surface area contributed by atoms with E-state index in [4.69, 9.17) is 16.3 Å². The van der Waals surface area contributed by atoms with Gasteiger partial charge in [-0.2, -0.15) is 0 Å². The highest BCUT2D eigenvalue weighted by molar-refractivity contribution is 7.91. The lowest BCUT2D eigenvalue weighted by molar-refractivity contribution is 0.254. The van der Waals surface area contributed by atoms with Crippen molar-refractivity contribution in [2.45, 2.75) is 36.6 Å². The molecule has 3 rings (SSSR count). The predicted molar refractivity (Wildman–Crippen MR) is 88.3 cm³/mol. The van der Waals surface area contributed by atoms with Crippen molar-refractivity contribution in [3.05, 3.63) is 45.8 Å². The van der Waals surface area contributed by atoms with Crippen LogP contribution in [-0.2, 0) is 16.4 Å². The largest absolute Gasteiger partial charge is 0.490 e. The number of ether oxygens (including phenoxy) is 1. The quantitative estimate of drug-likeness (QED) is 0.906. The molecule has 22 heavy (non-hydrogen) atoms. The molecule has 0 aliphatic carbocycles. The smallest absolute Gasteiger partial charge is 0.250 e. The molecule has 4 nitrogen and oxygen atoms in total. The van der Waals surface area contributed by atoms with E-state index >= 15 is 0 Å². The van der Waals surface area contributed by atoms with Crippen molar-refractivity contribution >= 4 is 33.0 Å². The summed E-state index contributed by atoms with van der Waals surface area (Å²) in [4.78, 5) is 0. The highest BCUT2D eigenvalue weighted by atomic mass is 35.5. The normalized spacial score (nSPS) is 18.8. The molecule has 2 atom stereocenters. The number of nitrogens with one attached hydrogen (secondary N) is 1. The second-order valence-corrected chi connectivity index (χ2v) is 9.06. The van der Waals surface area contributed by atoms with E-state index in [1.54, 1.807) is 6.07 Å². The molecule has 1 aromatic carbocycles. The summed E-state index contributed by atoms with van der Waals surface area (Å²) in [5, 5.41) is 0. The van der Waals surface area contributed by atoms with Crippen molar-refractivity contribution in [1.82, 2.24) is 4.72 Å². The highest BCUT2D eigenvalue weighted by Gasteiger charge is 2.23. The first-order chi connectivity index (χ1) is 10.3. The molecular formula is C15H16ClNO3S2. The average Bonchev–Trinajstić information content (AvgIpc) is 3.02. The number of sulfonamides is 1. The third kappa shape index (κ3) is 3.15. The van der Waals surface area contributed by atoms with Gasteiger partial charge in [-0.15, -0.1) is 11.3 Å². The van der Waals surface area contributed by atoms with E-state index in [1.165, 1.54) is 6.07 Å². The van der Waals surface area contributed by atoms with Crippen LogP contribution in [0, 0.1) is 0 Å². The van der Waals surface area contributed by atoms with E-state index in [1.807, 2.05) is 32.0 Å². The van der Waals surface area contributed by atoms with Gasteiger partial charge in [0, 0.05) is 12.5 Å². The number of hydrogen-bond donors (Lipinski definition) is 1. The zero-order valence-corrected chi connectivity index (χ0v) is 14.6. The molecule has 0 amide bonds. The Morgan fingerprint density at radius 2 is 2.14 bits per heavy atom. The van der Waals surface area contributed by atoms with Gasteiger partial charge in [0.1, 0.15) is 16.1 Å². The van der Waals surface area contributed by atoms with E-state index in [2.05, 4.69) is 4.72 Å². The SMILES string of the molecule is CC1Cc2cc([C@@H](C)NS(=O)(=O)c3ccc(Cl)s3)ccc2O1. The maximum atomic E-state index is 12.3. The maximum Gasteiger partial charge on any atom is 0.250 e. The summed E-state index contributed by atoms with van der Waals surface area (Å²) in [6.45, 7) is 3.85. The molecule has 1 aliphatic heterocycles. The van der Waals surface area contributed by atoms with Crippen molar-refractivity contribution in [3.8, 4) is 5.75 Å². The van der Waals surface area contributed by atoms with Crippen LogP contribution < -0.4 is 9.46 Å². The fraction of sp³-hybridized carbons (Fsp3) is 0.333. The topological polar surface area (TPSA) is 55.4 Å². The van der Waals surface area contributed by atoms with E-state index in [0.717, 1.165) is 34.6 Å². The second-order valence-electron chi connectivity index (χ2n) is 5.40. The van der Waals surface area contributed by atoms with Crippen LogP contribution in [0.5, 0.6) is 5.75 Å². The Balaban J connectivity index is 1.80. The van der Waals surface area contributed by atoms with Crippen molar-refractivity contribution in [2.75, 3.05) is 0 Å². The average molecular weight is 358 g/mol. The molecule has 0 saturated carbocycles. The Morgan fingerprint density at radius 3 is 2.82 bits per heavy atom. The lowest BCUT2D eigenvalue weighted by Gasteiger charge is -2.14. The summed E-state index contributed by atoms with van der Waals surface area (Å²) in [6, 6.07) is 8.58. The van der Waals surface area contributed by atoms with Crippen LogP contribution in [0.2, 0.25) is 4.34 Å². The Morgan fingerprint density at radius 1 is 1.36 bits per heavy atom. The third-order valence-electron chi connectivity index (χ3n) is 3.57. The molecule has 2 heterocycles. The molecular weight excluding hydrogens is 342 g/mol. The molecule has 0 fully saturated rings. The molecule has 1 unspecified atom stereocenters. The Labute approximate surface area is 139 Å². The molecule has 0 bridgehead atoms. The minimum Gasteiger partial charge on any atom is -0.490 e. The Bertz CT molecular complexity index is 801. The van der Waals surface area contributed by atoms with Crippen LogP contribution in [0.4, 0.5) is 0 Å². The van der Waals surface area contributed by atoms with Gasteiger partial charge < -0.3 is 4.74 Å². The summed E-state index contributed by atoms with van der Waals surface area (Å²) in [7, 11) is -3.56. The van der Waals surface area contributed by atoms with Crippen LogP contribution in [0.3, 0.4) is 0 Å². The fourth-order valence-corrected chi connectivity index (χ4v) is 5.24. The lowest BCUT2D eigenvalue weighted by Crippen LogP contribution is -2.26. The van der Waals surface area contributed by atoms with Crippen molar-refractivity contribution in [3.63, 3.8) is 0 Å². The van der Waals surface area contributed by atoms with E-state index < -0.39 is 10.0 Å². The number of benzene rings is 1. The van der Waals surface area contributed by atoms with Gasteiger partial charge in [0.15, 0.2) is 0 Å². The minimum atomic E-state index is -3.56. The highest BCUT2D eigenvalue weighted by Crippen LogP contribution is 2.32. The molecule has 0 saturated heterocycles. The van der Waals surface area contributed by atoms with Crippen LogP contribution >= 0.6 is 22.9 Å². The number of halogens is 1. The molecule has 0 radical (unpaired) electrons. The van der Waals surface area contributed by atoms with Gasteiger partial charge in [-0.05, 0) is 43.2 Å². The first kappa shape index (κ1) is 15.8. The third-order valence-corrected chi connectivity index (χ3v) is 6.83. The van der Waals surface area contributed by atoms with Crippen molar-refractivity contribution in [2.24, 2.45) is 0 Å². The van der Waals surface area contributed by atoms with Crippen molar-refractivity contribution in [1.29, 1.82) is 0 Å². The van der Waals surface area contributed by atoms with E-state index in [-0.39, 0.29) is 16.4 Å². The number of hydrogen-bond acceptors (Lipinski definition) is 4. The standard InChI is InChI=1S/C15H16ClNO3S2/c1-9-7-12-8-11(3-4-13(12)20-9)10(2)17-22(18,19)15-6-5-14(16)21-15/h3-6,8-10,17H,7H2,1-2H3/t9?,10-/m1/s1. The molecule has 0 spiro atoms. The van der Waals surface area contributed by atoms with Gasteiger partial charge in [0.05, 0.1) is 4.34 Å². The molecule has 1 aromatic heterocycles. The van der Waals surface area contributed by atoms with E-state index in [0.29, 0.717) is 4.34 Å². The van der Waals surface area contributed by atoms with E-state index in [9.17, 15) is 8.42 Å². The summed E-state index contributed by atoms with van der Waals surface area (Å²) < 4.78 is 33.7. The van der Waals surface area contributed by atoms with Crippen LogP contribution in [0.1, 0.15) is 31.0 Å². The first-order valence-electron chi connectivity index (χ1n) is 6.92. The number of rotatable bonds is 4. The number of thiophene rings is 1. The maximum absolute atomic E-state index is 12.3.